The van der Waals surface area contributed by atoms with E-state index in [0.717, 1.165) is 23.3 Å². The van der Waals surface area contributed by atoms with Crippen molar-refractivity contribution in [3.05, 3.63) is 84.2 Å². The Bertz CT molecular complexity index is 1270. The second-order valence-electron chi connectivity index (χ2n) is 11.3. The van der Waals surface area contributed by atoms with Crippen molar-refractivity contribution in [3.63, 3.8) is 0 Å². The largest absolute Gasteiger partial charge is 0.527 e. The number of hydrogen-bond donors (Lipinski definition) is 1. The SMILES string of the molecule is CCCCCCCCCCCCOc1cccc(OCC(COP(=O)(O)Oc2cccc(C[n+]3ccccc3)c2)OCC)c1C. The Labute approximate surface area is 270 Å². The third-order valence-electron chi connectivity index (χ3n) is 7.50. The molecule has 0 bridgehead atoms. The van der Waals surface area contributed by atoms with Gasteiger partial charge in [-0.3, -0.25) is 9.42 Å². The molecule has 0 saturated carbocycles. The van der Waals surface area contributed by atoms with Crippen LogP contribution in [0.3, 0.4) is 0 Å². The number of phosphoric acid groups is 1. The van der Waals surface area contributed by atoms with Crippen LogP contribution in [0.1, 0.15) is 89.2 Å². The molecular weight excluding hydrogens is 589 g/mol. The number of nitrogens with zero attached hydrogens (tertiary/aromatic N) is 1. The minimum atomic E-state index is -4.40. The lowest BCUT2D eigenvalue weighted by Gasteiger charge is -2.21. The Morgan fingerprint density at radius 3 is 2.11 bits per heavy atom. The monoisotopic (exact) mass is 642 g/mol. The average molecular weight is 643 g/mol. The standard InChI is InChI=1S/C36H52NO7P/c1-4-6-7-8-9-10-11-12-13-17-26-41-35-22-19-23-36(31(35)3)42-29-34(40-5-2)30-43-45(38,39)44-33-21-18-20-32(27-33)28-37-24-15-14-16-25-37/h14-16,18-25,27,34H,4-13,17,26,28-30H2,1-3H3/p+1. The van der Waals surface area contributed by atoms with E-state index in [2.05, 4.69) is 6.92 Å². The van der Waals surface area contributed by atoms with Crippen molar-refractivity contribution >= 4 is 7.82 Å². The van der Waals surface area contributed by atoms with Crippen molar-refractivity contribution in [3.8, 4) is 17.2 Å². The topological polar surface area (TPSA) is 87.3 Å². The smallest absolute Gasteiger partial charge is 0.493 e. The average Bonchev–Trinajstić information content (AvgIpc) is 3.03. The fourth-order valence-electron chi connectivity index (χ4n) is 5.03. The molecule has 0 aliphatic rings. The highest BCUT2D eigenvalue weighted by Gasteiger charge is 2.26. The van der Waals surface area contributed by atoms with Crippen molar-refractivity contribution < 1.29 is 37.3 Å². The molecule has 1 N–H and O–H groups in total. The Balaban J connectivity index is 1.41. The summed E-state index contributed by atoms with van der Waals surface area (Å²) >= 11 is 0. The van der Waals surface area contributed by atoms with Crippen LogP contribution in [0.15, 0.2) is 73.1 Å². The molecule has 2 aromatic carbocycles. The third-order valence-corrected chi connectivity index (χ3v) is 8.42. The highest BCUT2D eigenvalue weighted by Crippen LogP contribution is 2.44. The van der Waals surface area contributed by atoms with Crippen LogP contribution in [0.2, 0.25) is 0 Å². The van der Waals surface area contributed by atoms with Crippen molar-refractivity contribution in [2.45, 2.75) is 97.6 Å². The first-order valence-corrected chi connectivity index (χ1v) is 18.1. The van der Waals surface area contributed by atoms with Gasteiger partial charge in [0, 0.05) is 29.9 Å². The Hall–Kier alpha value is -2.90. The van der Waals surface area contributed by atoms with Crippen LogP contribution in [0.25, 0.3) is 0 Å². The maximum absolute atomic E-state index is 12.8. The van der Waals surface area contributed by atoms with Crippen LogP contribution >= 0.6 is 7.82 Å². The third kappa shape index (κ3) is 14.8. The Morgan fingerprint density at radius 1 is 0.778 bits per heavy atom. The molecule has 0 aliphatic carbocycles. The number of unbranched alkanes of at least 4 members (excludes halogenated alkanes) is 9. The number of pyridine rings is 1. The van der Waals surface area contributed by atoms with Gasteiger partial charge < -0.3 is 18.7 Å². The summed E-state index contributed by atoms with van der Waals surface area (Å²) in [5.74, 6) is 1.73. The molecule has 0 aliphatic heterocycles. The molecule has 0 radical (unpaired) electrons. The summed E-state index contributed by atoms with van der Waals surface area (Å²) in [4.78, 5) is 10.4. The van der Waals surface area contributed by atoms with E-state index in [1.807, 2.05) is 73.3 Å². The van der Waals surface area contributed by atoms with E-state index in [0.29, 0.717) is 25.5 Å². The minimum absolute atomic E-state index is 0.139. The van der Waals surface area contributed by atoms with Crippen molar-refractivity contribution in [1.29, 1.82) is 0 Å². The molecule has 0 saturated heterocycles. The van der Waals surface area contributed by atoms with Crippen LogP contribution in [0, 0.1) is 6.92 Å². The number of benzene rings is 2. The molecule has 0 fully saturated rings. The second kappa shape index (κ2) is 21.0. The summed E-state index contributed by atoms with van der Waals surface area (Å²) in [7, 11) is -4.40. The van der Waals surface area contributed by atoms with E-state index in [-0.39, 0.29) is 19.0 Å². The number of ether oxygens (including phenoxy) is 3. The number of hydrogen-bond acceptors (Lipinski definition) is 6. The van der Waals surface area contributed by atoms with Gasteiger partial charge in [0.05, 0.1) is 13.2 Å². The quantitative estimate of drug-likeness (QED) is 0.0595. The molecule has 3 aromatic rings. The van der Waals surface area contributed by atoms with E-state index >= 15 is 0 Å². The lowest BCUT2D eigenvalue weighted by atomic mass is 10.1. The van der Waals surface area contributed by atoms with Gasteiger partial charge in [-0.1, -0.05) is 89.0 Å². The Kier molecular flexibility index (Phi) is 17.1. The van der Waals surface area contributed by atoms with Crippen LogP contribution < -0.4 is 18.6 Å². The maximum Gasteiger partial charge on any atom is 0.527 e. The summed E-state index contributed by atoms with van der Waals surface area (Å²) in [6.45, 7) is 7.72. The molecule has 3 rings (SSSR count). The summed E-state index contributed by atoms with van der Waals surface area (Å²) in [6, 6.07) is 18.6. The van der Waals surface area contributed by atoms with Crippen LogP contribution in [-0.2, 0) is 20.4 Å². The molecule has 1 aromatic heterocycles. The molecule has 248 valence electrons. The second-order valence-corrected chi connectivity index (χ2v) is 12.7. The summed E-state index contributed by atoms with van der Waals surface area (Å²) in [6.07, 6.45) is 16.2. The van der Waals surface area contributed by atoms with E-state index in [4.69, 9.17) is 23.3 Å². The summed E-state index contributed by atoms with van der Waals surface area (Å²) in [5.41, 5.74) is 1.83. The predicted molar refractivity (Wildman–Crippen MR) is 178 cm³/mol. The van der Waals surface area contributed by atoms with Crippen molar-refractivity contribution in [2.24, 2.45) is 0 Å². The van der Waals surface area contributed by atoms with Gasteiger partial charge in [0.2, 0.25) is 0 Å². The van der Waals surface area contributed by atoms with Crippen LogP contribution in [0.4, 0.5) is 0 Å². The molecule has 1 heterocycles. The van der Waals surface area contributed by atoms with Gasteiger partial charge in [-0.15, -0.1) is 0 Å². The van der Waals surface area contributed by atoms with Crippen molar-refractivity contribution in [1.82, 2.24) is 0 Å². The van der Waals surface area contributed by atoms with Crippen molar-refractivity contribution in [2.75, 3.05) is 26.4 Å². The highest BCUT2D eigenvalue weighted by molar-refractivity contribution is 7.47. The van der Waals surface area contributed by atoms with E-state index in [1.165, 1.54) is 57.8 Å². The fourth-order valence-corrected chi connectivity index (χ4v) is 5.82. The summed E-state index contributed by atoms with van der Waals surface area (Å²) in [5, 5.41) is 0. The Morgan fingerprint density at radius 2 is 1.42 bits per heavy atom. The first kappa shape index (κ1) is 36.6. The van der Waals surface area contributed by atoms with Gasteiger partial charge in [0.15, 0.2) is 18.9 Å². The molecule has 45 heavy (non-hydrogen) atoms. The van der Waals surface area contributed by atoms with Gasteiger partial charge in [-0.05, 0) is 44.5 Å². The molecule has 2 atom stereocenters. The van der Waals surface area contributed by atoms with E-state index < -0.39 is 13.9 Å². The van der Waals surface area contributed by atoms with Gasteiger partial charge in [-0.25, -0.2) is 9.13 Å². The maximum atomic E-state index is 12.8. The van der Waals surface area contributed by atoms with E-state index in [9.17, 15) is 9.46 Å². The van der Waals surface area contributed by atoms with Crippen LogP contribution in [0.5, 0.6) is 17.2 Å². The zero-order chi connectivity index (χ0) is 32.2. The molecule has 8 nitrogen and oxygen atoms in total. The minimum Gasteiger partial charge on any atom is -0.493 e. The normalized spacial score (nSPS) is 13.2. The van der Waals surface area contributed by atoms with E-state index in [1.54, 1.807) is 18.2 Å². The lowest BCUT2D eigenvalue weighted by Crippen LogP contribution is -2.32. The number of aromatic nitrogens is 1. The molecular formula is C36H53NO7P+. The highest BCUT2D eigenvalue weighted by atomic mass is 31.2. The molecule has 0 spiro atoms. The van der Waals surface area contributed by atoms with Gasteiger partial charge in [0.1, 0.15) is 30.0 Å². The molecule has 2 unspecified atom stereocenters. The first-order valence-electron chi connectivity index (χ1n) is 16.6. The molecule has 9 heteroatoms. The summed E-state index contributed by atoms with van der Waals surface area (Å²) < 4.78 is 43.3. The molecule has 0 amide bonds. The van der Waals surface area contributed by atoms with Gasteiger partial charge in [0.25, 0.3) is 0 Å². The van der Waals surface area contributed by atoms with Crippen LogP contribution in [-0.4, -0.2) is 37.4 Å². The predicted octanol–water partition coefficient (Wildman–Crippen LogP) is 8.61. The first-order chi connectivity index (χ1) is 21.9. The van der Waals surface area contributed by atoms with Gasteiger partial charge in [-0.2, -0.15) is 0 Å². The lowest BCUT2D eigenvalue weighted by molar-refractivity contribution is -0.688. The number of phosphoric ester groups is 1. The van der Waals surface area contributed by atoms with Gasteiger partial charge >= 0.3 is 7.82 Å². The number of rotatable bonds is 24. The zero-order valence-electron chi connectivity index (χ0n) is 27.4. The zero-order valence-corrected chi connectivity index (χ0v) is 28.3. The fraction of sp³-hybridized carbons (Fsp3) is 0.528.